The summed E-state index contributed by atoms with van der Waals surface area (Å²) in [6, 6.07) is 0.405. The monoisotopic (exact) mass is 254 g/mol. The summed E-state index contributed by atoms with van der Waals surface area (Å²) < 4.78 is 0. The van der Waals surface area contributed by atoms with Crippen LogP contribution in [0.15, 0.2) is 6.33 Å². The second kappa shape index (κ2) is 6.69. The molecule has 0 aliphatic rings. The molecule has 1 aromatic rings. The van der Waals surface area contributed by atoms with Crippen molar-refractivity contribution in [1.82, 2.24) is 9.97 Å². The van der Waals surface area contributed by atoms with Gasteiger partial charge in [-0.15, -0.1) is 0 Å². The predicted molar refractivity (Wildman–Crippen MR) is 77.1 cm³/mol. The number of nitrogens with zero attached hydrogens (tertiary/aromatic N) is 2. The molecule has 0 aromatic carbocycles. The van der Waals surface area contributed by atoms with E-state index >= 15 is 0 Å². The van der Waals surface area contributed by atoms with Crippen molar-refractivity contribution in [3.8, 4) is 0 Å². The Morgan fingerprint density at radius 2 is 1.88 bits per heavy atom. The highest BCUT2D eigenvalue weighted by Gasteiger charge is 2.15. The van der Waals surface area contributed by atoms with Crippen molar-refractivity contribution in [2.45, 2.75) is 32.7 Å². The topological polar surface area (TPSA) is 49.8 Å². The number of anilines is 2. The molecule has 4 nitrogen and oxygen atoms in total. The summed E-state index contributed by atoms with van der Waals surface area (Å²) in [5.41, 5.74) is 1.16. The lowest BCUT2D eigenvalue weighted by molar-refractivity contribution is 0.829. The van der Waals surface area contributed by atoms with Crippen LogP contribution in [0.4, 0.5) is 11.6 Å². The maximum atomic E-state index is 4.36. The van der Waals surface area contributed by atoms with Crippen LogP contribution in [0.5, 0.6) is 0 Å². The van der Waals surface area contributed by atoms with Gasteiger partial charge in [-0.25, -0.2) is 9.97 Å². The van der Waals surface area contributed by atoms with Crippen molar-refractivity contribution in [1.29, 1.82) is 0 Å². The van der Waals surface area contributed by atoms with Gasteiger partial charge in [0.15, 0.2) is 0 Å². The summed E-state index contributed by atoms with van der Waals surface area (Å²) in [6.45, 7) is 6.48. The Bertz CT molecular complexity index is 354. The van der Waals surface area contributed by atoms with Gasteiger partial charge in [-0.05, 0) is 19.1 Å². The van der Waals surface area contributed by atoms with Gasteiger partial charge in [-0.1, -0.05) is 13.8 Å². The summed E-state index contributed by atoms with van der Waals surface area (Å²) in [5, 5.41) is 6.58. The largest absolute Gasteiger partial charge is 0.373 e. The SMILES string of the molecule is CNc1ncnc(NC(C)CSC)c1C(C)C. The third-order valence-electron chi connectivity index (χ3n) is 2.50. The molecule has 0 spiro atoms. The molecule has 0 aliphatic heterocycles. The quantitative estimate of drug-likeness (QED) is 0.817. The number of thioether (sulfide) groups is 1. The van der Waals surface area contributed by atoms with Crippen LogP contribution >= 0.6 is 11.8 Å². The van der Waals surface area contributed by atoms with Crippen LogP contribution in [0.2, 0.25) is 0 Å². The van der Waals surface area contributed by atoms with Gasteiger partial charge in [-0.3, -0.25) is 0 Å². The van der Waals surface area contributed by atoms with Crippen molar-refractivity contribution >= 4 is 23.4 Å². The predicted octanol–water partition coefficient (Wildman–Crippen LogP) is 2.81. The van der Waals surface area contributed by atoms with Crippen molar-refractivity contribution in [2.24, 2.45) is 0 Å². The van der Waals surface area contributed by atoms with Crippen LogP contribution in [0.1, 0.15) is 32.3 Å². The molecule has 0 radical (unpaired) electrons. The fourth-order valence-corrected chi connectivity index (χ4v) is 2.37. The van der Waals surface area contributed by atoms with Crippen molar-refractivity contribution < 1.29 is 0 Å². The molecular weight excluding hydrogens is 232 g/mol. The van der Waals surface area contributed by atoms with Gasteiger partial charge in [0.25, 0.3) is 0 Å². The Hall–Kier alpha value is -0.970. The van der Waals surface area contributed by atoms with Gasteiger partial charge in [-0.2, -0.15) is 11.8 Å². The zero-order valence-electron chi connectivity index (χ0n) is 11.2. The third-order valence-corrected chi connectivity index (χ3v) is 3.33. The van der Waals surface area contributed by atoms with Gasteiger partial charge in [0.05, 0.1) is 0 Å². The summed E-state index contributed by atoms with van der Waals surface area (Å²) in [4.78, 5) is 8.62. The second-order valence-electron chi connectivity index (χ2n) is 4.39. The fraction of sp³-hybridized carbons (Fsp3) is 0.667. The highest BCUT2D eigenvalue weighted by Crippen LogP contribution is 2.28. The van der Waals surface area contributed by atoms with E-state index in [1.807, 2.05) is 18.8 Å². The van der Waals surface area contributed by atoms with Gasteiger partial charge < -0.3 is 10.6 Å². The minimum absolute atomic E-state index is 0.391. The number of hydrogen-bond donors (Lipinski definition) is 2. The Labute approximate surface area is 108 Å². The van der Waals surface area contributed by atoms with Gasteiger partial charge in [0.2, 0.25) is 0 Å². The van der Waals surface area contributed by atoms with Crippen LogP contribution in [0.3, 0.4) is 0 Å². The standard InChI is InChI=1S/C12H22N4S/c1-8(2)10-11(13-4)14-7-15-12(10)16-9(3)6-17-5/h7-9H,6H2,1-5H3,(H2,13,14,15,16). The summed E-state index contributed by atoms with van der Waals surface area (Å²) in [7, 11) is 1.89. The van der Waals surface area contributed by atoms with Crippen molar-refractivity contribution in [2.75, 3.05) is 29.7 Å². The molecule has 1 aromatic heterocycles. The summed E-state index contributed by atoms with van der Waals surface area (Å²) >= 11 is 1.83. The lowest BCUT2D eigenvalue weighted by Crippen LogP contribution is -2.20. The molecule has 1 heterocycles. The van der Waals surface area contributed by atoms with E-state index in [2.05, 4.69) is 47.6 Å². The molecule has 96 valence electrons. The van der Waals surface area contributed by atoms with E-state index in [9.17, 15) is 0 Å². The van der Waals surface area contributed by atoms with Crippen molar-refractivity contribution in [3.05, 3.63) is 11.9 Å². The molecule has 0 saturated carbocycles. The van der Waals surface area contributed by atoms with Crippen molar-refractivity contribution in [3.63, 3.8) is 0 Å². The first kappa shape index (κ1) is 14.1. The van der Waals surface area contributed by atoms with E-state index in [1.54, 1.807) is 6.33 Å². The maximum Gasteiger partial charge on any atom is 0.135 e. The number of hydrogen-bond acceptors (Lipinski definition) is 5. The van der Waals surface area contributed by atoms with Crippen LogP contribution in [-0.4, -0.2) is 35.1 Å². The highest BCUT2D eigenvalue weighted by atomic mass is 32.2. The lowest BCUT2D eigenvalue weighted by Gasteiger charge is -2.19. The number of aromatic nitrogens is 2. The lowest BCUT2D eigenvalue weighted by atomic mass is 10.0. The molecule has 0 saturated heterocycles. The third kappa shape index (κ3) is 3.77. The van der Waals surface area contributed by atoms with Gasteiger partial charge in [0, 0.05) is 24.4 Å². The van der Waals surface area contributed by atoms with Crippen LogP contribution in [0.25, 0.3) is 0 Å². The molecule has 17 heavy (non-hydrogen) atoms. The first-order valence-electron chi connectivity index (χ1n) is 5.88. The molecular formula is C12H22N4S. The normalized spacial score (nSPS) is 12.6. The molecule has 2 N–H and O–H groups in total. The smallest absolute Gasteiger partial charge is 0.135 e. The molecule has 0 bridgehead atoms. The number of rotatable bonds is 6. The molecule has 5 heteroatoms. The van der Waals surface area contributed by atoms with E-state index in [0.29, 0.717) is 12.0 Å². The van der Waals surface area contributed by atoms with Crippen LogP contribution < -0.4 is 10.6 Å². The molecule has 1 atom stereocenters. The number of nitrogens with one attached hydrogen (secondary N) is 2. The fourth-order valence-electron chi connectivity index (χ4n) is 1.78. The zero-order chi connectivity index (χ0) is 12.8. The summed E-state index contributed by atoms with van der Waals surface area (Å²) in [6.07, 6.45) is 3.71. The first-order chi connectivity index (χ1) is 8.10. The molecule has 0 amide bonds. The molecule has 1 unspecified atom stereocenters. The molecule has 1 rings (SSSR count). The highest BCUT2D eigenvalue weighted by molar-refractivity contribution is 7.98. The van der Waals surface area contributed by atoms with Gasteiger partial charge >= 0.3 is 0 Å². The molecule has 0 aliphatic carbocycles. The summed E-state index contributed by atoms with van der Waals surface area (Å²) in [5.74, 6) is 3.31. The van der Waals surface area contributed by atoms with E-state index in [0.717, 1.165) is 23.0 Å². The van der Waals surface area contributed by atoms with Gasteiger partial charge in [0.1, 0.15) is 18.0 Å². The van der Waals surface area contributed by atoms with E-state index in [4.69, 9.17) is 0 Å². The zero-order valence-corrected chi connectivity index (χ0v) is 12.1. The second-order valence-corrected chi connectivity index (χ2v) is 5.30. The average Bonchev–Trinajstić information content (AvgIpc) is 2.28. The van der Waals surface area contributed by atoms with E-state index in [1.165, 1.54) is 0 Å². The molecule has 0 fully saturated rings. The Kier molecular flexibility index (Phi) is 5.55. The van der Waals surface area contributed by atoms with E-state index < -0.39 is 0 Å². The van der Waals surface area contributed by atoms with E-state index in [-0.39, 0.29) is 0 Å². The Balaban J connectivity index is 2.97. The minimum atomic E-state index is 0.391. The Morgan fingerprint density at radius 1 is 1.24 bits per heavy atom. The first-order valence-corrected chi connectivity index (χ1v) is 7.27. The Morgan fingerprint density at radius 3 is 2.41 bits per heavy atom. The average molecular weight is 254 g/mol. The van der Waals surface area contributed by atoms with Crippen LogP contribution in [0, 0.1) is 0 Å². The van der Waals surface area contributed by atoms with Crippen LogP contribution in [-0.2, 0) is 0 Å². The maximum absolute atomic E-state index is 4.36. The minimum Gasteiger partial charge on any atom is -0.373 e.